The van der Waals surface area contributed by atoms with Crippen LogP contribution in [0.4, 0.5) is 27.6 Å². The first-order valence-electron chi connectivity index (χ1n) is 5.29. The van der Waals surface area contributed by atoms with Crippen molar-refractivity contribution in [2.45, 2.75) is 6.54 Å². The molecule has 0 atom stereocenters. The summed E-state index contributed by atoms with van der Waals surface area (Å²) in [6.07, 6.45) is 0. The highest BCUT2D eigenvalue weighted by atomic mass is 19.2. The maximum absolute atomic E-state index is 13.3. The summed E-state index contributed by atoms with van der Waals surface area (Å²) >= 11 is 0. The Balaban J connectivity index is 2.16. The highest BCUT2D eigenvalue weighted by Crippen LogP contribution is 2.21. The van der Waals surface area contributed by atoms with E-state index in [4.69, 9.17) is 0 Å². The van der Waals surface area contributed by atoms with E-state index < -0.39 is 34.8 Å². The van der Waals surface area contributed by atoms with E-state index in [-0.39, 0.29) is 6.54 Å². The highest BCUT2D eigenvalue weighted by molar-refractivity contribution is 5.46. The first kappa shape index (κ1) is 13.3. The average molecular weight is 273 g/mol. The van der Waals surface area contributed by atoms with Crippen LogP contribution >= 0.6 is 0 Å². The van der Waals surface area contributed by atoms with Crippen LogP contribution in [0.15, 0.2) is 30.3 Å². The Labute approximate surface area is 105 Å². The van der Waals surface area contributed by atoms with E-state index in [1.54, 1.807) is 0 Å². The molecule has 0 aliphatic carbocycles. The van der Waals surface area contributed by atoms with E-state index in [0.29, 0.717) is 17.7 Å². The smallest absolute Gasteiger partial charge is 0.159 e. The van der Waals surface area contributed by atoms with E-state index in [9.17, 15) is 22.0 Å². The van der Waals surface area contributed by atoms with Crippen molar-refractivity contribution < 1.29 is 22.0 Å². The third-order valence-corrected chi connectivity index (χ3v) is 2.46. The largest absolute Gasteiger partial charge is 0.376 e. The zero-order chi connectivity index (χ0) is 14.0. The predicted molar refractivity (Wildman–Crippen MR) is 60.0 cm³/mol. The van der Waals surface area contributed by atoms with Crippen molar-refractivity contribution in [2.75, 3.05) is 5.32 Å². The summed E-state index contributed by atoms with van der Waals surface area (Å²) in [5.41, 5.74) is -0.229. The van der Waals surface area contributed by atoms with Crippen LogP contribution in [0.2, 0.25) is 0 Å². The normalized spacial score (nSPS) is 10.6. The number of rotatable bonds is 3. The van der Waals surface area contributed by atoms with Crippen molar-refractivity contribution >= 4 is 5.69 Å². The molecule has 100 valence electrons. The number of hydrogen-bond acceptors (Lipinski definition) is 1. The molecule has 0 unspecified atom stereocenters. The van der Waals surface area contributed by atoms with Gasteiger partial charge in [-0.25, -0.2) is 22.0 Å². The van der Waals surface area contributed by atoms with Gasteiger partial charge in [-0.05, 0) is 17.7 Å². The van der Waals surface area contributed by atoms with E-state index >= 15 is 0 Å². The zero-order valence-corrected chi connectivity index (χ0v) is 9.48. The topological polar surface area (TPSA) is 12.0 Å². The summed E-state index contributed by atoms with van der Waals surface area (Å²) in [4.78, 5) is 0. The SMILES string of the molecule is Fc1cc(F)c(NCc2ccc(F)c(F)c2)c(F)c1. The Bertz CT molecular complexity index is 589. The Morgan fingerprint density at radius 1 is 0.737 bits per heavy atom. The molecule has 1 nitrogen and oxygen atoms in total. The van der Waals surface area contributed by atoms with Crippen LogP contribution < -0.4 is 5.32 Å². The maximum atomic E-state index is 13.3. The molecule has 6 heteroatoms. The second kappa shape index (κ2) is 5.26. The Kier molecular flexibility index (Phi) is 3.69. The summed E-state index contributed by atoms with van der Waals surface area (Å²) in [7, 11) is 0. The second-order valence-electron chi connectivity index (χ2n) is 3.85. The number of anilines is 1. The molecule has 19 heavy (non-hydrogen) atoms. The molecule has 2 aromatic rings. The fourth-order valence-corrected chi connectivity index (χ4v) is 1.55. The quantitative estimate of drug-likeness (QED) is 0.834. The first-order chi connectivity index (χ1) is 8.97. The van der Waals surface area contributed by atoms with Crippen LogP contribution in [-0.4, -0.2) is 0 Å². The minimum Gasteiger partial charge on any atom is -0.376 e. The predicted octanol–water partition coefficient (Wildman–Crippen LogP) is 3.99. The minimum absolute atomic E-state index is 0.128. The third-order valence-electron chi connectivity index (χ3n) is 2.46. The molecule has 0 heterocycles. The summed E-state index contributed by atoms with van der Waals surface area (Å²) in [5, 5.41) is 2.37. The van der Waals surface area contributed by atoms with E-state index in [2.05, 4.69) is 5.32 Å². The molecule has 0 saturated carbocycles. The summed E-state index contributed by atoms with van der Waals surface area (Å²) < 4.78 is 64.8. The molecule has 2 rings (SSSR count). The maximum Gasteiger partial charge on any atom is 0.159 e. The summed E-state index contributed by atoms with van der Waals surface area (Å²) in [6, 6.07) is 4.13. The van der Waals surface area contributed by atoms with Crippen LogP contribution in [0, 0.1) is 29.1 Å². The summed E-state index contributed by atoms with van der Waals surface area (Å²) in [6.45, 7) is -0.128. The number of hydrogen-bond donors (Lipinski definition) is 1. The molecule has 0 bridgehead atoms. The van der Waals surface area contributed by atoms with Crippen molar-refractivity contribution in [1.82, 2.24) is 0 Å². The van der Waals surface area contributed by atoms with E-state index in [0.717, 1.165) is 12.1 Å². The van der Waals surface area contributed by atoms with Crippen molar-refractivity contribution in [3.8, 4) is 0 Å². The molecule has 0 aromatic heterocycles. The van der Waals surface area contributed by atoms with Gasteiger partial charge in [-0.1, -0.05) is 6.07 Å². The van der Waals surface area contributed by atoms with Crippen LogP contribution in [0.1, 0.15) is 5.56 Å². The molecule has 2 aromatic carbocycles. The van der Waals surface area contributed by atoms with Gasteiger partial charge in [-0.15, -0.1) is 0 Å². The van der Waals surface area contributed by atoms with Crippen LogP contribution in [-0.2, 0) is 6.54 Å². The number of benzene rings is 2. The highest BCUT2D eigenvalue weighted by Gasteiger charge is 2.11. The van der Waals surface area contributed by atoms with E-state index in [1.807, 2.05) is 0 Å². The molecule has 0 saturated heterocycles. The first-order valence-corrected chi connectivity index (χ1v) is 5.29. The molecule has 0 fully saturated rings. The van der Waals surface area contributed by atoms with Gasteiger partial charge in [0.25, 0.3) is 0 Å². The van der Waals surface area contributed by atoms with Gasteiger partial charge in [0.1, 0.15) is 11.5 Å². The molecule has 0 spiro atoms. The lowest BCUT2D eigenvalue weighted by Gasteiger charge is -2.09. The lowest BCUT2D eigenvalue weighted by Crippen LogP contribution is -2.05. The molecule has 0 aliphatic heterocycles. The van der Waals surface area contributed by atoms with Gasteiger partial charge in [-0.3, -0.25) is 0 Å². The Morgan fingerprint density at radius 2 is 1.37 bits per heavy atom. The minimum atomic E-state index is -1.10. The molecule has 0 radical (unpaired) electrons. The lowest BCUT2D eigenvalue weighted by atomic mass is 10.2. The van der Waals surface area contributed by atoms with Crippen molar-refractivity contribution in [1.29, 1.82) is 0 Å². The van der Waals surface area contributed by atoms with Gasteiger partial charge >= 0.3 is 0 Å². The van der Waals surface area contributed by atoms with Gasteiger partial charge in [0.05, 0.1) is 0 Å². The third kappa shape index (κ3) is 3.01. The van der Waals surface area contributed by atoms with Gasteiger partial charge in [0.2, 0.25) is 0 Å². The van der Waals surface area contributed by atoms with Crippen molar-refractivity contribution in [3.05, 3.63) is 65.0 Å². The summed E-state index contributed by atoms with van der Waals surface area (Å²) in [5.74, 6) is -5.30. The van der Waals surface area contributed by atoms with Crippen LogP contribution in [0.5, 0.6) is 0 Å². The van der Waals surface area contributed by atoms with Gasteiger partial charge < -0.3 is 5.32 Å². The second-order valence-corrected chi connectivity index (χ2v) is 3.85. The number of nitrogens with one attached hydrogen (secondary N) is 1. The zero-order valence-electron chi connectivity index (χ0n) is 9.48. The molecule has 0 amide bonds. The number of halogens is 5. The fourth-order valence-electron chi connectivity index (χ4n) is 1.55. The fraction of sp³-hybridized carbons (Fsp3) is 0.0769. The van der Waals surface area contributed by atoms with Crippen LogP contribution in [0.25, 0.3) is 0 Å². The van der Waals surface area contributed by atoms with Gasteiger partial charge in [0.15, 0.2) is 23.3 Å². The standard InChI is InChI=1S/C13H8F5N/c14-8-4-11(17)13(12(18)5-8)19-6-7-1-2-9(15)10(16)3-7/h1-5,19H,6H2. The van der Waals surface area contributed by atoms with Gasteiger partial charge in [0, 0.05) is 18.7 Å². The Morgan fingerprint density at radius 3 is 1.95 bits per heavy atom. The lowest BCUT2D eigenvalue weighted by molar-refractivity contribution is 0.507. The van der Waals surface area contributed by atoms with Gasteiger partial charge in [-0.2, -0.15) is 0 Å². The molecular weight excluding hydrogens is 265 g/mol. The van der Waals surface area contributed by atoms with Crippen molar-refractivity contribution in [3.63, 3.8) is 0 Å². The van der Waals surface area contributed by atoms with E-state index in [1.165, 1.54) is 6.07 Å². The molecule has 1 N–H and O–H groups in total. The Hall–Kier alpha value is -2.11. The van der Waals surface area contributed by atoms with Crippen LogP contribution in [0.3, 0.4) is 0 Å². The average Bonchev–Trinajstić information content (AvgIpc) is 2.32. The molecular formula is C13H8F5N. The molecule has 0 aliphatic rings. The monoisotopic (exact) mass is 273 g/mol. The van der Waals surface area contributed by atoms with Crippen molar-refractivity contribution in [2.24, 2.45) is 0 Å².